The summed E-state index contributed by atoms with van der Waals surface area (Å²) >= 11 is 6.04. The maximum atomic E-state index is 11.7. The van der Waals surface area contributed by atoms with Gasteiger partial charge in [0.25, 0.3) is 6.43 Å². The van der Waals surface area contributed by atoms with Crippen molar-refractivity contribution in [3.8, 4) is 0 Å². The number of hydrogen-bond acceptors (Lipinski definition) is 3. The van der Waals surface area contributed by atoms with Gasteiger partial charge in [0.15, 0.2) is 0 Å². The van der Waals surface area contributed by atoms with Gasteiger partial charge in [0.2, 0.25) is 0 Å². The minimum atomic E-state index is -2.41. The van der Waals surface area contributed by atoms with E-state index in [4.69, 9.17) is 16.3 Å². The van der Waals surface area contributed by atoms with Crippen LogP contribution in [0.2, 0.25) is 5.02 Å². The third-order valence-electron chi connectivity index (χ3n) is 2.22. The van der Waals surface area contributed by atoms with Crippen LogP contribution < -0.4 is 5.32 Å². The van der Waals surface area contributed by atoms with Crippen LogP contribution in [0.1, 0.15) is 11.4 Å². The molecule has 0 radical (unpaired) electrons. The Morgan fingerprint density at radius 2 is 2.24 bits per heavy atom. The molecular formula is C10H16ClF2N3O. The van der Waals surface area contributed by atoms with E-state index in [-0.39, 0.29) is 6.61 Å². The first-order valence-corrected chi connectivity index (χ1v) is 5.64. The van der Waals surface area contributed by atoms with Crippen molar-refractivity contribution in [3.05, 3.63) is 16.4 Å². The lowest BCUT2D eigenvalue weighted by atomic mass is 10.3. The van der Waals surface area contributed by atoms with E-state index in [2.05, 4.69) is 10.4 Å². The Labute approximate surface area is 104 Å². The molecule has 0 spiro atoms. The lowest BCUT2D eigenvalue weighted by molar-refractivity contribution is 0.0187. The van der Waals surface area contributed by atoms with Crippen LogP contribution in [0.4, 0.5) is 8.78 Å². The summed E-state index contributed by atoms with van der Waals surface area (Å²) in [5.41, 5.74) is 1.65. The van der Waals surface area contributed by atoms with Gasteiger partial charge < -0.3 is 10.1 Å². The van der Waals surface area contributed by atoms with Gasteiger partial charge in [-0.25, -0.2) is 8.78 Å². The number of halogens is 3. The average Bonchev–Trinajstić information content (AvgIpc) is 2.48. The van der Waals surface area contributed by atoms with Crippen LogP contribution in [0, 0.1) is 6.92 Å². The van der Waals surface area contributed by atoms with Crippen molar-refractivity contribution < 1.29 is 13.5 Å². The third-order valence-corrected chi connectivity index (χ3v) is 2.71. The van der Waals surface area contributed by atoms with E-state index in [0.717, 1.165) is 11.4 Å². The van der Waals surface area contributed by atoms with Crippen LogP contribution in [-0.4, -0.2) is 36.0 Å². The zero-order valence-electron chi connectivity index (χ0n) is 9.84. The number of aromatic nitrogens is 2. The molecular weight excluding hydrogens is 252 g/mol. The fourth-order valence-electron chi connectivity index (χ4n) is 1.40. The summed E-state index contributed by atoms with van der Waals surface area (Å²) in [6, 6.07) is 0. The molecule has 98 valence electrons. The third kappa shape index (κ3) is 4.57. The van der Waals surface area contributed by atoms with Crippen LogP contribution in [0.25, 0.3) is 0 Å². The predicted octanol–water partition coefficient (Wildman–Crippen LogP) is 1.75. The summed E-state index contributed by atoms with van der Waals surface area (Å²) in [7, 11) is 1.81. The number of aryl methyl sites for hydroxylation is 2. The quantitative estimate of drug-likeness (QED) is 0.765. The molecule has 0 fully saturated rings. The highest BCUT2D eigenvalue weighted by molar-refractivity contribution is 6.31. The summed E-state index contributed by atoms with van der Waals surface area (Å²) in [6.45, 7) is 2.59. The highest BCUT2D eigenvalue weighted by Crippen LogP contribution is 2.18. The van der Waals surface area contributed by atoms with Crippen molar-refractivity contribution in [3.63, 3.8) is 0 Å². The summed E-state index contributed by atoms with van der Waals surface area (Å²) in [4.78, 5) is 0. The van der Waals surface area contributed by atoms with Gasteiger partial charge in [-0.05, 0) is 6.92 Å². The van der Waals surface area contributed by atoms with Gasteiger partial charge in [-0.1, -0.05) is 11.6 Å². The molecule has 1 aromatic heterocycles. The maximum Gasteiger partial charge on any atom is 0.261 e. The summed E-state index contributed by atoms with van der Waals surface area (Å²) in [5.74, 6) is 0. The number of ether oxygens (including phenoxy) is 1. The molecule has 1 aromatic rings. The Morgan fingerprint density at radius 3 is 2.76 bits per heavy atom. The topological polar surface area (TPSA) is 39.1 Å². The van der Waals surface area contributed by atoms with Crippen molar-refractivity contribution in [2.24, 2.45) is 7.05 Å². The second-order valence-corrected chi connectivity index (χ2v) is 3.99. The van der Waals surface area contributed by atoms with Gasteiger partial charge >= 0.3 is 0 Å². The Balaban J connectivity index is 2.22. The highest BCUT2D eigenvalue weighted by atomic mass is 35.5. The molecule has 1 N–H and O–H groups in total. The molecule has 0 amide bonds. The Hall–Kier alpha value is -0.720. The maximum absolute atomic E-state index is 11.7. The molecule has 0 aliphatic carbocycles. The largest absolute Gasteiger partial charge is 0.374 e. The van der Waals surface area contributed by atoms with Crippen molar-refractivity contribution in [1.29, 1.82) is 0 Å². The molecule has 0 bridgehead atoms. The fraction of sp³-hybridized carbons (Fsp3) is 0.700. The number of alkyl halides is 2. The number of nitrogens with one attached hydrogen (secondary N) is 1. The van der Waals surface area contributed by atoms with Crippen LogP contribution in [0.3, 0.4) is 0 Å². The minimum absolute atomic E-state index is 0.249. The first-order valence-electron chi connectivity index (χ1n) is 5.27. The minimum Gasteiger partial charge on any atom is -0.374 e. The van der Waals surface area contributed by atoms with Gasteiger partial charge in [0, 0.05) is 20.1 Å². The molecule has 1 heterocycles. The Bertz CT molecular complexity index is 358. The average molecular weight is 268 g/mol. The Kier molecular flexibility index (Phi) is 5.80. The summed E-state index contributed by atoms with van der Waals surface area (Å²) in [5, 5.41) is 7.85. The molecule has 0 aliphatic heterocycles. The van der Waals surface area contributed by atoms with Gasteiger partial charge in [0.1, 0.15) is 6.61 Å². The zero-order valence-corrected chi connectivity index (χ0v) is 10.6. The summed E-state index contributed by atoms with van der Waals surface area (Å²) in [6.07, 6.45) is -2.41. The first kappa shape index (κ1) is 14.3. The standard InChI is InChI=1S/C10H16ClF2N3O/c1-7-10(11)8(16(2)15-7)5-14-3-4-17-6-9(12)13/h9,14H,3-6H2,1-2H3. The number of hydrogen-bond donors (Lipinski definition) is 1. The van der Waals surface area contributed by atoms with Crippen molar-refractivity contribution in [2.45, 2.75) is 19.9 Å². The molecule has 1 rings (SSSR count). The molecule has 0 atom stereocenters. The molecule has 17 heavy (non-hydrogen) atoms. The van der Waals surface area contributed by atoms with Crippen LogP contribution in [-0.2, 0) is 18.3 Å². The van der Waals surface area contributed by atoms with Gasteiger partial charge in [0.05, 0.1) is 23.0 Å². The Morgan fingerprint density at radius 1 is 1.53 bits per heavy atom. The normalized spacial score (nSPS) is 11.4. The van der Waals surface area contributed by atoms with E-state index in [1.807, 2.05) is 14.0 Å². The molecule has 0 saturated heterocycles. The predicted molar refractivity (Wildman–Crippen MR) is 61.5 cm³/mol. The number of rotatable bonds is 7. The first-order chi connectivity index (χ1) is 8.02. The summed E-state index contributed by atoms with van der Waals surface area (Å²) < 4.78 is 29.9. The molecule has 0 saturated carbocycles. The molecule has 0 aromatic carbocycles. The zero-order chi connectivity index (χ0) is 12.8. The molecule has 7 heteroatoms. The van der Waals surface area contributed by atoms with Gasteiger partial charge in [-0.3, -0.25) is 4.68 Å². The molecule has 0 aliphatic rings. The van der Waals surface area contributed by atoms with Gasteiger partial charge in [-0.2, -0.15) is 5.10 Å². The van der Waals surface area contributed by atoms with E-state index < -0.39 is 13.0 Å². The fourth-order valence-corrected chi connectivity index (χ4v) is 1.62. The van der Waals surface area contributed by atoms with E-state index >= 15 is 0 Å². The van der Waals surface area contributed by atoms with Crippen molar-refractivity contribution in [2.75, 3.05) is 19.8 Å². The van der Waals surface area contributed by atoms with E-state index in [1.54, 1.807) is 4.68 Å². The van der Waals surface area contributed by atoms with Crippen LogP contribution in [0.5, 0.6) is 0 Å². The highest BCUT2D eigenvalue weighted by Gasteiger charge is 2.09. The van der Waals surface area contributed by atoms with Crippen LogP contribution >= 0.6 is 11.6 Å². The monoisotopic (exact) mass is 267 g/mol. The smallest absolute Gasteiger partial charge is 0.261 e. The van der Waals surface area contributed by atoms with Crippen molar-refractivity contribution >= 4 is 11.6 Å². The second-order valence-electron chi connectivity index (χ2n) is 3.61. The van der Waals surface area contributed by atoms with E-state index in [1.165, 1.54) is 0 Å². The van der Waals surface area contributed by atoms with Crippen molar-refractivity contribution in [1.82, 2.24) is 15.1 Å². The van der Waals surface area contributed by atoms with Gasteiger partial charge in [-0.15, -0.1) is 0 Å². The lowest BCUT2D eigenvalue weighted by Gasteiger charge is -2.06. The molecule has 4 nitrogen and oxygen atoms in total. The lowest BCUT2D eigenvalue weighted by Crippen LogP contribution is -2.22. The van der Waals surface area contributed by atoms with Crippen LogP contribution in [0.15, 0.2) is 0 Å². The SMILES string of the molecule is Cc1nn(C)c(CNCCOCC(F)F)c1Cl. The van der Waals surface area contributed by atoms with E-state index in [0.29, 0.717) is 18.1 Å². The molecule has 0 unspecified atom stereocenters. The van der Waals surface area contributed by atoms with E-state index in [9.17, 15) is 8.78 Å². The number of nitrogens with zero attached hydrogens (tertiary/aromatic N) is 2. The second kappa shape index (κ2) is 6.88.